The maximum absolute atomic E-state index is 13.5. The van der Waals surface area contributed by atoms with Gasteiger partial charge in [-0.25, -0.2) is 8.78 Å². The first-order chi connectivity index (χ1) is 9.95. The lowest BCUT2D eigenvalue weighted by Crippen LogP contribution is -2.03. The second-order valence-electron chi connectivity index (χ2n) is 4.61. The Morgan fingerprint density at radius 1 is 1.14 bits per heavy atom. The van der Waals surface area contributed by atoms with Crippen LogP contribution in [0.1, 0.15) is 11.1 Å². The molecule has 0 amide bonds. The molecule has 0 spiro atoms. The Kier molecular flexibility index (Phi) is 5.31. The summed E-state index contributed by atoms with van der Waals surface area (Å²) < 4.78 is 37.6. The largest absolute Gasteiger partial charge is 0.381 e. The SMILES string of the molecule is CS(=O)Cc1cc(NCc2ccc(F)cc2F)ccc1Cl. The molecule has 2 rings (SSSR count). The molecule has 0 aliphatic rings. The van der Waals surface area contributed by atoms with Crippen LogP contribution in [-0.2, 0) is 23.1 Å². The van der Waals surface area contributed by atoms with Crippen LogP contribution in [0.3, 0.4) is 0 Å². The molecule has 0 fully saturated rings. The van der Waals surface area contributed by atoms with Gasteiger partial charge in [0.15, 0.2) is 0 Å². The molecular formula is C15H14ClF2NOS. The molecular weight excluding hydrogens is 316 g/mol. The van der Waals surface area contributed by atoms with Crippen molar-refractivity contribution in [3.8, 4) is 0 Å². The molecule has 112 valence electrons. The number of nitrogens with one attached hydrogen (secondary N) is 1. The van der Waals surface area contributed by atoms with Crippen molar-refractivity contribution >= 4 is 28.1 Å². The predicted molar refractivity (Wildman–Crippen MR) is 82.9 cm³/mol. The third kappa shape index (κ3) is 4.51. The van der Waals surface area contributed by atoms with Crippen LogP contribution < -0.4 is 5.32 Å². The van der Waals surface area contributed by atoms with Crippen molar-refractivity contribution in [3.05, 3.63) is 64.2 Å². The summed E-state index contributed by atoms with van der Waals surface area (Å²) in [4.78, 5) is 0. The first kappa shape index (κ1) is 15.9. The van der Waals surface area contributed by atoms with E-state index in [1.807, 2.05) is 0 Å². The van der Waals surface area contributed by atoms with Crippen LogP contribution in [0.4, 0.5) is 14.5 Å². The Labute approximate surface area is 129 Å². The van der Waals surface area contributed by atoms with Gasteiger partial charge in [-0.05, 0) is 29.8 Å². The van der Waals surface area contributed by atoms with Gasteiger partial charge in [0, 0.05) is 51.7 Å². The van der Waals surface area contributed by atoms with Gasteiger partial charge in [-0.15, -0.1) is 0 Å². The molecule has 0 aliphatic heterocycles. The van der Waals surface area contributed by atoms with Gasteiger partial charge in [0.25, 0.3) is 0 Å². The van der Waals surface area contributed by atoms with E-state index in [9.17, 15) is 13.0 Å². The molecule has 1 N–H and O–H groups in total. The van der Waals surface area contributed by atoms with E-state index in [-0.39, 0.29) is 6.54 Å². The van der Waals surface area contributed by atoms with Gasteiger partial charge in [0.1, 0.15) is 11.6 Å². The Balaban J connectivity index is 2.11. The zero-order valence-corrected chi connectivity index (χ0v) is 12.9. The van der Waals surface area contributed by atoms with Crippen LogP contribution in [0.15, 0.2) is 36.4 Å². The lowest BCUT2D eigenvalue weighted by molar-refractivity contribution is 0.574. The lowest BCUT2D eigenvalue weighted by Gasteiger charge is -2.10. The maximum atomic E-state index is 13.5. The van der Waals surface area contributed by atoms with E-state index in [0.29, 0.717) is 16.3 Å². The number of rotatable bonds is 5. The van der Waals surface area contributed by atoms with Gasteiger partial charge in [-0.2, -0.15) is 0 Å². The fraction of sp³-hybridized carbons (Fsp3) is 0.200. The van der Waals surface area contributed by atoms with E-state index in [1.165, 1.54) is 12.1 Å². The predicted octanol–water partition coefficient (Wildman–Crippen LogP) is 4.11. The normalized spacial score (nSPS) is 12.2. The molecule has 2 nitrogen and oxygen atoms in total. The third-order valence-electron chi connectivity index (χ3n) is 2.90. The average molecular weight is 330 g/mol. The van der Waals surface area contributed by atoms with Gasteiger partial charge in [0.05, 0.1) is 0 Å². The highest BCUT2D eigenvalue weighted by molar-refractivity contribution is 7.83. The van der Waals surface area contributed by atoms with Crippen molar-refractivity contribution in [1.29, 1.82) is 0 Å². The number of anilines is 1. The molecule has 2 aromatic carbocycles. The highest BCUT2D eigenvalue weighted by Gasteiger charge is 2.06. The first-order valence-corrected chi connectivity index (χ1v) is 8.32. The molecule has 0 aliphatic carbocycles. The van der Waals surface area contributed by atoms with Gasteiger partial charge < -0.3 is 5.32 Å². The standard InChI is InChI=1S/C15H14ClF2NOS/c1-21(20)9-11-6-13(4-5-14(11)16)19-8-10-2-3-12(17)7-15(10)18/h2-7,19H,8-9H2,1H3. The van der Waals surface area contributed by atoms with E-state index < -0.39 is 22.4 Å². The van der Waals surface area contributed by atoms with Crippen LogP contribution in [0.25, 0.3) is 0 Å². The van der Waals surface area contributed by atoms with Crippen LogP contribution in [0.2, 0.25) is 5.02 Å². The maximum Gasteiger partial charge on any atom is 0.131 e. The van der Waals surface area contributed by atoms with Crippen molar-refractivity contribution in [2.45, 2.75) is 12.3 Å². The molecule has 0 saturated heterocycles. The zero-order valence-electron chi connectivity index (χ0n) is 11.3. The quantitative estimate of drug-likeness (QED) is 0.894. The van der Waals surface area contributed by atoms with Crippen LogP contribution >= 0.6 is 11.6 Å². The van der Waals surface area contributed by atoms with E-state index in [2.05, 4.69) is 5.32 Å². The topological polar surface area (TPSA) is 29.1 Å². The molecule has 2 aromatic rings. The van der Waals surface area contributed by atoms with E-state index >= 15 is 0 Å². The Morgan fingerprint density at radius 2 is 1.90 bits per heavy atom. The van der Waals surface area contributed by atoms with Gasteiger partial charge in [-0.3, -0.25) is 4.21 Å². The van der Waals surface area contributed by atoms with Crippen LogP contribution in [0, 0.1) is 11.6 Å². The lowest BCUT2D eigenvalue weighted by atomic mass is 10.2. The number of hydrogen-bond acceptors (Lipinski definition) is 2. The van der Waals surface area contributed by atoms with E-state index in [1.54, 1.807) is 24.5 Å². The molecule has 1 atom stereocenters. The monoisotopic (exact) mass is 329 g/mol. The fourth-order valence-electron chi connectivity index (χ4n) is 1.88. The Bertz CT molecular complexity index is 679. The number of benzene rings is 2. The highest BCUT2D eigenvalue weighted by atomic mass is 35.5. The molecule has 0 saturated carbocycles. The molecule has 0 aromatic heterocycles. The molecule has 0 radical (unpaired) electrons. The first-order valence-electron chi connectivity index (χ1n) is 6.22. The Hall–Kier alpha value is -1.46. The van der Waals surface area contributed by atoms with E-state index in [0.717, 1.165) is 17.3 Å². The number of hydrogen-bond donors (Lipinski definition) is 1. The third-order valence-corrected chi connectivity index (χ3v) is 3.99. The highest BCUT2D eigenvalue weighted by Crippen LogP contribution is 2.22. The van der Waals surface area contributed by atoms with Crippen molar-refractivity contribution in [2.24, 2.45) is 0 Å². The summed E-state index contributed by atoms with van der Waals surface area (Å²) in [6, 6.07) is 8.71. The zero-order chi connectivity index (χ0) is 15.4. The van der Waals surface area contributed by atoms with Gasteiger partial charge >= 0.3 is 0 Å². The summed E-state index contributed by atoms with van der Waals surface area (Å²) >= 11 is 6.04. The van der Waals surface area contributed by atoms with Crippen molar-refractivity contribution in [3.63, 3.8) is 0 Å². The second-order valence-corrected chi connectivity index (χ2v) is 6.46. The molecule has 1 unspecified atom stereocenters. The van der Waals surface area contributed by atoms with Gasteiger partial charge in [-0.1, -0.05) is 17.7 Å². The molecule has 0 heterocycles. The van der Waals surface area contributed by atoms with Crippen molar-refractivity contribution in [1.82, 2.24) is 0 Å². The minimum absolute atomic E-state index is 0.225. The Morgan fingerprint density at radius 3 is 2.57 bits per heavy atom. The summed E-state index contributed by atoms with van der Waals surface area (Å²) in [5.74, 6) is -0.832. The summed E-state index contributed by atoms with van der Waals surface area (Å²) in [6.45, 7) is 0.225. The second kappa shape index (κ2) is 7.00. The van der Waals surface area contributed by atoms with Crippen LogP contribution in [-0.4, -0.2) is 10.5 Å². The summed E-state index contributed by atoms with van der Waals surface area (Å²) in [5, 5.41) is 3.59. The van der Waals surface area contributed by atoms with Crippen molar-refractivity contribution in [2.75, 3.05) is 11.6 Å². The minimum atomic E-state index is -0.995. The summed E-state index contributed by atoms with van der Waals surface area (Å²) in [7, 11) is -0.995. The molecule has 6 heteroatoms. The fourth-order valence-corrected chi connectivity index (χ4v) is 2.82. The minimum Gasteiger partial charge on any atom is -0.381 e. The molecule has 21 heavy (non-hydrogen) atoms. The smallest absolute Gasteiger partial charge is 0.131 e. The molecule has 0 bridgehead atoms. The average Bonchev–Trinajstić information content (AvgIpc) is 2.40. The number of halogens is 3. The van der Waals surface area contributed by atoms with Crippen LogP contribution in [0.5, 0.6) is 0 Å². The van der Waals surface area contributed by atoms with Gasteiger partial charge in [0.2, 0.25) is 0 Å². The van der Waals surface area contributed by atoms with E-state index in [4.69, 9.17) is 11.6 Å². The summed E-state index contributed by atoms with van der Waals surface area (Å²) in [6.07, 6.45) is 1.60. The van der Waals surface area contributed by atoms with Crippen molar-refractivity contribution < 1.29 is 13.0 Å². The summed E-state index contributed by atoms with van der Waals surface area (Å²) in [5.41, 5.74) is 1.87.